The lowest BCUT2D eigenvalue weighted by atomic mass is 9.95. The molecular formula is C17H22N2O. The topological polar surface area (TPSA) is 47.3 Å². The Morgan fingerprint density at radius 2 is 1.80 bits per heavy atom. The summed E-state index contributed by atoms with van der Waals surface area (Å²) in [5, 5.41) is 0. The quantitative estimate of drug-likeness (QED) is 0.648. The van der Waals surface area contributed by atoms with Gasteiger partial charge in [-0.2, -0.15) is 0 Å². The van der Waals surface area contributed by atoms with Crippen LogP contribution in [0.5, 0.6) is 5.75 Å². The van der Waals surface area contributed by atoms with Gasteiger partial charge in [0.15, 0.2) is 0 Å². The van der Waals surface area contributed by atoms with E-state index in [1.165, 1.54) is 16.7 Å². The molecule has 2 aromatic rings. The van der Waals surface area contributed by atoms with Gasteiger partial charge < -0.3 is 4.74 Å². The Hall–Kier alpha value is -1.84. The number of rotatable bonds is 5. The zero-order chi connectivity index (χ0) is 14.5. The number of hydrogen-bond donors (Lipinski definition) is 2. The van der Waals surface area contributed by atoms with Crippen molar-refractivity contribution >= 4 is 0 Å². The molecule has 0 amide bonds. The number of hydrogen-bond acceptors (Lipinski definition) is 3. The fraction of sp³-hybridized carbons (Fsp3) is 0.294. The Morgan fingerprint density at radius 3 is 2.40 bits per heavy atom. The largest absolute Gasteiger partial charge is 0.497 e. The van der Waals surface area contributed by atoms with Crippen molar-refractivity contribution in [3.05, 3.63) is 64.7 Å². The van der Waals surface area contributed by atoms with Crippen molar-refractivity contribution in [3.8, 4) is 5.75 Å². The molecule has 0 aliphatic heterocycles. The summed E-state index contributed by atoms with van der Waals surface area (Å²) < 4.78 is 5.18. The number of hydrazine groups is 1. The van der Waals surface area contributed by atoms with Crippen molar-refractivity contribution in [2.24, 2.45) is 5.84 Å². The minimum atomic E-state index is 0.0985. The summed E-state index contributed by atoms with van der Waals surface area (Å²) >= 11 is 0. The molecule has 0 aromatic heterocycles. The first-order valence-corrected chi connectivity index (χ1v) is 6.80. The maximum absolute atomic E-state index is 5.73. The molecule has 0 saturated carbocycles. The fourth-order valence-corrected chi connectivity index (χ4v) is 2.35. The molecular weight excluding hydrogens is 248 g/mol. The van der Waals surface area contributed by atoms with Crippen LogP contribution in [0.25, 0.3) is 0 Å². The molecule has 0 bridgehead atoms. The molecule has 20 heavy (non-hydrogen) atoms. The van der Waals surface area contributed by atoms with E-state index in [0.29, 0.717) is 0 Å². The number of benzene rings is 2. The third-order valence-corrected chi connectivity index (χ3v) is 3.65. The highest BCUT2D eigenvalue weighted by atomic mass is 16.5. The van der Waals surface area contributed by atoms with E-state index in [-0.39, 0.29) is 6.04 Å². The number of ether oxygens (including phenoxy) is 1. The van der Waals surface area contributed by atoms with Crippen LogP contribution in [-0.4, -0.2) is 7.11 Å². The second-order valence-corrected chi connectivity index (χ2v) is 5.13. The van der Waals surface area contributed by atoms with Crippen molar-refractivity contribution in [3.63, 3.8) is 0 Å². The van der Waals surface area contributed by atoms with Crippen LogP contribution >= 0.6 is 0 Å². The molecule has 3 heteroatoms. The Kier molecular flexibility index (Phi) is 4.77. The highest BCUT2D eigenvalue weighted by Crippen LogP contribution is 2.22. The molecule has 2 aromatic carbocycles. The molecule has 106 valence electrons. The summed E-state index contributed by atoms with van der Waals surface area (Å²) in [7, 11) is 1.67. The maximum Gasteiger partial charge on any atom is 0.118 e. The molecule has 3 nitrogen and oxygen atoms in total. The number of nitrogens with one attached hydrogen (secondary N) is 1. The summed E-state index contributed by atoms with van der Waals surface area (Å²) in [6.45, 7) is 4.25. The zero-order valence-electron chi connectivity index (χ0n) is 12.3. The lowest BCUT2D eigenvalue weighted by Gasteiger charge is -2.18. The van der Waals surface area contributed by atoms with Crippen molar-refractivity contribution in [1.82, 2.24) is 5.43 Å². The van der Waals surface area contributed by atoms with Gasteiger partial charge in [-0.15, -0.1) is 0 Å². The van der Waals surface area contributed by atoms with Crippen LogP contribution in [0.15, 0.2) is 42.5 Å². The van der Waals surface area contributed by atoms with Crippen molar-refractivity contribution in [2.45, 2.75) is 26.3 Å². The second kappa shape index (κ2) is 6.55. The summed E-state index contributed by atoms with van der Waals surface area (Å²) in [5.41, 5.74) is 7.96. The molecule has 1 unspecified atom stereocenters. The minimum absolute atomic E-state index is 0.0985. The van der Waals surface area contributed by atoms with Gasteiger partial charge in [-0.05, 0) is 49.1 Å². The highest BCUT2D eigenvalue weighted by Gasteiger charge is 2.12. The maximum atomic E-state index is 5.73. The molecule has 0 fully saturated rings. The van der Waals surface area contributed by atoms with Crippen LogP contribution in [0.1, 0.15) is 28.3 Å². The van der Waals surface area contributed by atoms with Gasteiger partial charge >= 0.3 is 0 Å². The van der Waals surface area contributed by atoms with E-state index in [4.69, 9.17) is 10.6 Å². The van der Waals surface area contributed by atoms with Gasteiger partial charge in [0.2, 0.25) is 0 Å². The lowest BCUT2D eigenvalue weighted by Crippen LogP contribution is -2.29. The van der Waals surface area contributed by atoms with E-state index in [0.717, 1.165) is 17.7 Å². The standard InChI is InChI=1S/C17H22N2O/c1-12-4-5-13(2)15(10-12)11-17(19-18)14-6-8-16(20-3)9-7-14/h4-10,17,19H,11,18H2,1-3H3. The number of aryl methyl sites for hydroxylation is 2. The second-order valence-electron chi connectivity index (χ2n) is 5.13. The lowest BCUT2D eigenvalue weighted by molar-refractivity contribution is 0.414. The molecule has 3 N–H and O–H groups in total. The molecule has 0 heterocycles. The van der Waals surface area contributed by atoms with Gasteiger partial charge in [-0.1, -0.05) is 35.9 Å². The predicted molar refractivity (Wildman–Crippen MR) is 82.7 cm³/mol. The molecule has 0 aliphatic carbocycles. The molecule has 1 atom stereocenters. The fourth-order valence-electron chi connectivity index (χ4n) is 2.35. The average molecular weight is 270 g/mol. The Labute approximate surface area is 120 Å². The normalized spacial score (nSPS) is 12.2. The molecule has 0 saturated heterocycles. The van der Waals surface area contributed by atoms with E-state index < -0.39 is 0 Å². The molecule has 0 radical (unpaired) electrons. The molecule has 0 aliphatic rings. The van der Waals surface area contributed by atoms with Crippen molar-refractivity contribution in [2.75, 3.05) is 7.11 Å². The van der Waals surface area contributed by atoms with Crippen LogP contribution in [0.4, 0.5) is 0 Å². The van der Waals surface area contributed by atoms with Gasteiger partial charge in [0.05, 0.1) is 7.11 Å². The first-order valence-electron chi connectivity index (χ1n) is 6.80. The Morgan fingerprint density at radius 1 is 1.10 bits per heavy atom. The van der Waals surface area contributed by atoms with E-state index in [9.17, 15) is 0 Å². The Bertz CT molecular complexity index is 564. The van der Waals surface area contributed by atoms with Gasteiger partial charge in [0, 0.05) is 6.04 Å². The van der Waals surface area contributed by atoms with Crippen LogP contribution in [0.3, 0.4) is 0 Å². The van der Waals surface area contributed by atoms with E-state index in [1.807, 2.05) is 12.1 Å². The smallest absolute Gasteiger partial charge is 0.118 e. The van der Waals surface area contributed by atoms with E-state index in [2.05, 4.69) is 49.6 Å². The van der Waals surface area contributed by atoms with Crippen LogP contribution in [0.2, 0.25) is 0 Å². The molecule has 0 spiro atoms. The van der Waals surface area contributed by atoms with Gasteiger partial charge in [-0.3, -0.25) is 11.3 Å². The predicted octanol–water partition coefficient (Wildman–Crippen LogP) is 3.06. The van der Waals surface area contributed by atoms with E-state index >= 15 is 0 Å². The third kappa shape index (κ3) is 3.38. The molecule has 2 rings (SSSR count). The summed E-state index contributed by atoms with van der Waals surface area (Å²) in [6, 6.07) is 14.6. The van der Waals surface area contributed by atoms with Crippen molar-refractivity contribution < 1.29 is 4.74 Å². The summed E-state index contributed by atoms with van der Waals surface area (Å²) in [6.07, 6.45) is 0.871. The SMILES string of the molecule is COc1ccc(C(Cc2cc(C)ccc2C)NN)cc1. The van der Waals surface area contributed by atoms with Gasteiger partial charge in [0.25, 0.3) is 0 Å². The third-order valence-electron chi connectivity index (χ3n) is 3.65. The van der Waals surface area contributed by atoms with Gasteiger partial charge in [0.1, 0.15) is 5.75 Å². The zero-order valence-corrected chi connectivity index (χ0v) is 12.3. The monoisotopic (exact) mass is 270 g/mol. The van der Waals surface area contributed by atoms with Gasteiger partial charge in [-0.25, -0.2) is 0 Å². The Balaban J connectivity index is 2.21. The highest BCUT2D eigenvalue weighted by molar-refractivity contribution is 5.34. The first-order chi connectivity index (χ1) is 9.63. The number of methoxy groups -OCH3 is 1. The van der Waals surface area contributed by atoms with Crippen LogP contribution < -0.4 is 16.0 Å². The van der Waals surface area contributed by atoms with Crippen LogP contribution in [0, 0.1) is 13.8 Å². The summed E-state index contributed by atoms with van der Waals surface area (Å²) in [5.74, 6) is 6.59. The average Bonchev–Trinajstić information content (AvgIpc) is 2.48. The van der Waals surface area contributed by atoms with E-state index in [1.54, 1.807) is 7.11 Å². The summed E-state index contributed by atoms with van der Waals surface area (Å²) in [4.78, 5) is 0. The van der Waals surface area contributed by atoms with Crippen LogP contribution in [-0.2, 0) is 6.42 Å². The minimum Gasteiger partial charge on any atom is -0.497 e. The number of nitrogens with two attached hydrogens (primary N) is 1. The van der Waals surface area contributed by atoms with Crippen molar-refractivity contribution in [1.29, 1.82) is 0 Å². The first kappa shape index (κ1) is 14.6.